The van der Waals surface area contributed by atoms with Crippen molar-refractivity contribution in [3.05, 3.63) is 140 Å². The number of anilines is 1. The summed E-state index contributed by atoms with van der Waals surface area (Å²) in [6.07, 6.45) is 5.59. The van der Waals surface area contributed by atoms with Crippen LogP contribution in [-0.2, 0) is 121 Å². The molecule has 1 aromatic heterocycles. The maximum atomic E-state index is 16.3. The molecule has 530 valence electrons. The number of imidazole rings is 1. The van der Waals surface area contributed by atoms with E-state index in [0.29, 0.717) is 61.6 Å². The van der Waals surface area contributed by atoms with Crippen LogP contribution < -0.4 is 32.3 Å². The number of nitrogens with one attached hydrogen (secondary N) is 3. The fourth-order valence-corrected chi connectivity index (χ4v) is 13.0. The normalized spacial score (nSPS) is 17.4. The minimum absolute atomic E-state index is 0.0548. The number of aromatic nitrogens is 2. The van der Waals surface area contributed by atoms with E-state index in [-0.39, 0.29) is 56.7 Å². The van der Waals surface area contributed by atoms with Crippen molar-refractivity contribution in [2.45, 2.75) is 175 Å². The summed E-state index contributed by atoms with van der Waals surface area (Å²) in [5, 5.41) is 8.20. The number of hydrogen-bond donors (Lipinski definition) is 4. The van der Waals surface area contributed by atoms with Crippen LogP contribution in [0.5, 0.6) is 0 Å². The number of nitrogens with two attached hydrogens (primary N) is 1. The smallest absolute Gasteiger partial charge is 0.410 e. The Morgan fingerprint density at radius 3 is 1.99 bits per heavy atom. The summed E-state index contributed by atoms with van der Waals surface area (Å²) in [4.78, 5) is 119. The second kappa shape index (κ2) is 33.1. The van der Waals surface area contributed by atoms with Gasteiger partial charge in [-0.1, -0.05) is 78.9 Å². The van der Waals surface area contributed by atoms with Gasteiger partial charge in [0.2, 0.25) is 49.0 Å². The van der Waals surface area contributed by atoms with Gasteiger partial charge < -0.3 is 40.1 Å². The molecule has 1 saturated heterocycles. The van der Waals surface area contributed by atoms with Crippen molar-refractivity contribution in [3.8, 4) is 0 Å². The number of fused-ring (bicyclic) bond motifs is 1. The third kappa shape index (κ3) is 18.9. The zero-order valence-corrected chi connectivity index (χ0v) is 57.9. The molecule has 0 bridgehead atoms. The first kappa shape index (κ1) is 75.5. The lowest BCUT2D eigenvalue weighted by Crippen LogP contribution is -2.56. The van der Waals surface area contributed by atoms with Gasteiger partial charge in [0.05, 0.1) is 46.3 Å². The average Bonchev–Trinajstić information content (AvgIpc) is 1.41. The molecule has 5 N–H and O–H groups in total. The number of primary amides is 1. The van der Waals surface area contributed by atoms with Crippen molar-refractivity contribution in [1.29, 1.82) is 0 Å². The molecule has 0 spiro atoms. The molecule has 6 amide bonds. The number of allylic oxidation sites excluding steroid dienone is 1. The molecule has 3 aliphatic heterocycles. The van der Waals surface area contributed by atoms with Crippen molar-refractivity contribution in [3.63, 3.8) is 0 Å². The number of aryl methyl sites for hydroxylation is 4. The Kier molecular flexibility index (Phi) is 25.5. The fraction of sp³-hybridized carbons (Fsp3) is 0.507. The first-order valence-electron chi connectivity index (χ1n) is 33.0. The van der Waals surface area contributed by atoms with E-state index in [0.717, 1.165) is 71.1 Å². The van der Waals surface area contributed by atoms with E-state index in [4.69, 9.17) is 38.5 Å². The minimum Gasteiger partial charge on any atom is -0.438 e. The SMILES string of the molecule is C/C(=C\C(=O)N[C@H]1CCc2cccc3c2N(C1=O)[C@H](C(=O)NC(CCC(N)=O)[C@@H](C)OCc1ccc(CCCOCCCOCCCc2cccc4c2n(C)c(=O)n4C2CCC(=O)NC2=O)cc1)C3)c1ccc(C(F)(F)P(=O)(OCOC(=O)C(C)(C)C)OCOC(=O)C(C)(C)C)cc1. The molecule has 5 aromatic rings. The number of carbonyl (C=O) groups excluding carboxylic acids is 8. The predicted molar refractivity (Wildman–Crippen MR) is 359 cm³/mol. The quantitative estimate of drug-likeness (QED) is 0.00761. The van der Waals surface area contributed by atoms with E-state index < -0.39 is 115 Å². The molecular formula is C71H90F2N7O17P. The molecule has 8 rings (SSSR count). The van der Waals surface area contributed by atoms with Crippen molar-refractivity contribution in [2.24, 2.45) is 23.6 Å². The summed E-state index contributed by atoms with van der Waals surface area (Å²) in [7, 11) is -3.91. The molecule has 5 atom stereocenters. The number of para-hydroxylation sites is 2. The molecule has 4 aromatic carbocycles. The van der Waals surface area contributed by atoms with Gasteiger partial charge in [-0.3, -0.25) is 71.3 Å². The Bertz CT molecular complexity index is 3840. The maximum Gasteiger partial charge on any atom is 0.410 e. The van der Waals surface area contributed by atoms with Crippen LogP contribution in [0.2, 0.25) is 0 Å². The minimum atomic E-state index is -5.61. The van der Waals surface area contributed by atoms with E-state index >= 15 is 8.78 Å². The van der Waals surface area contributed by atoms with E-state index in [1.165, 1.54) is 69.2 Å². The number of nitrogens with zero attached hydrogens (tertiary/aromatic N) is 3. The first-order chi connectivity index (χ1) is 46.4. The number of carbonyl (C=O) groups is 8. The van der Waals surface area contributed by atoms with Crippen LogP contribution >= 0.6 is 7.60 Å². The van der Waals surface area contributed by atoms with Crippen LogP contribution in [0, 0.1) is 10.8 Å². The number of piperidine rings is 1. The fourth-order valence-electron chi connectivity index (χ4n) is 11.8. The molecule has 98 heavy (non-hydrogen) atoms. The molecule has 24 nitrogen and oxygen atoms in total. The molecule has 27 heteroatoms. The maximum absolute atomic E-state index is 16.3. The highest BCUT2D eigenvalue weighted by molar-refractivity contribution is 7.54. The van der Waals surface area contributed by atoms with E-state index in [1.807, 2.05) is 60.7 Å². The number of imide groups is 1. The zero-order valence-electron chi connectivity index (χ0n) is 57.0. The Hall–Kier alpha value is -8.26. The van der Waals surface area contributed by atoms with Crippen LogP contribution in [0.25, 0.3) is 16.6 Å². The summed E-state index contributed by atoms with van der Waals surface area (Å²) in [5.41, 5.74) is 5.11. The number of ether oxygens (including phenoxy) is 5. The van der Waals surface area contributed by atoms with Gasteiger partial charge in [0, 0.05) is 64.4 Å². The summed E-state index contributed by atoms with van der Waals surface area (Å²) in [6.45, 7) is 12.4. The van der Waals surface area contributed by atoms with Crippen LogP contribution in [0.1, 0.15) is 152 Å². The molecule has 4 heterocycles. The second-order valence-corrected chi connectivity index (χ2v) is 29.0. The lowest BCUT2D eigenvalue weighted by molar-refractivity contribution is -0.163. The summed E-state index contributed by atoms with van der Waals surface area (Å²) in [5.74, 6) is -4.76. The molecule has 3 aliphatic rings. The number of esters is 2. The molecule has 0 saturated carbocycles. The molecule has 0 radical (unpaired) electrons. The number of amides is 6. The number of benzene rings is 4. The van der Waals surface area contributed by atoms with Crippen molar-refractivity contribution in [1.82, 2.24) is 25.1 Å². The standard InChI is InChI=1S/C71H90F2N7O17P/c1-44(48-25-28-52(29-26-48)71(72,73)98(90,96-42-94-66(87)69(3,4)5)97-43-95-67(88)70(6,7)8)39-60(83)75-54-30-27-50-16-10-18-51-40-57(80(61(50)51)65(54)86)64(85)76-53(31-33-58(74)81)45(2)93-41-47-23-21-46(22-24-47)15-12-35-91-37-14-38-92-36-13-19-49-17-11-20-55-62(49)78(9)68(89)79(55)56-32-34-59(82)77-63(56)84/h10-11,16-18,20-26,28-29,39,45,53-54,56-57H,12-15,19,27,30-38,40-43H2,1-9H3,(H2,74,81)(H,75,83)(H,76,85)(H,77,82,84)/b44-39+/t45-,53?,54+,56?,57+/m1/s1. The van der Waals surface area contributed by atoms with Crippen molar-refractivity contribution >= 4 is 77.3 Å². The van der Waals surface area contributed by atoms with Crippen LogP contribution in [0.15, 0.2) is 95.8 Å². The molecule has 1 fully saturated rings. The second-order valence-electron chi connectivity index (χ2n) is 27.0. The Labute approximate surface area is 568 Å². The third-order valence-electron chi connectivity index (χ3n) is 17.4. The molecule has 0 aliphatic carbocycles. The van der Waals surface area contributed by atoms with E-state index in [9.17, 15) is 47.7 Å². The van der Waals surface area contributed by atoms with Gasteiger partial charge in [0.25, 0.3) is 0 Å². The topological polar surface area (TPSA) is 311 Å². The van der Waals surface area contributed by atoms with Gasteiger partial charge in [-0.2, -0.15) is 8.78 Å². The highest BCUT2D eigenvalue weighted by Crippen LogP contribution is 2.67. The lowest BCUT2D eigenvalue weighted by Gasteiger charge is -2.31. The molecule has 2 unspecified atom stereocenters. The third-order valence-corrected chi connectivity index (χ3v) is 19.2. The predicted octanol–water partition coefficient (Wildman–Crippen LogP) is 8.82. The van der Waals surface area contributed by atoms with Gasteiger partial charge in [-0.25, -0.2) is 4.79 Å². The Morgan fingerprint density at radius 2 is 1.37 bits per heavy atom. The van der Waals surface area contributed by atoms with Gasteiger partial charge in [-0.15, -0.1) is 0 Å². The van der Waals surface area contributed by atoms with Crippen molar-refractivity contribution in [2.75, 3.05) is 44.9 Å². The van der Waals surface area contributed by atoms with Crippen LogP contribution in [0.4, 0.5) is 14.5 Å². The lowest BCUT2D eigenvalue weighted by atomic mass is 9.98. The van der Waals surface area contributed by atoms with Gasteiger partial charge in [0.15, 0.2) is 0 Å². The largest absolute Gasteiger partial charge is 0.438 e. The van der Waals surface area contributed by atoms with Crippen LogP contribution in [0.3, 0.4) is 0 Å². The monoisotopic (exact) mass is 1380 g/mol. The molecular weight excluding hydrogens is 1290 g/mol. The van der Waals surface area contributed by atoms with Gasteiger partial charge >= 0.3 is 30.9 Å². The zero-order chi connectivity index (χ0) is 71.3. The Balaban J connectivity index is 0.792. The highest BCUT2D eigenvalue weighted by atomic mass is 31.2. The Morgan fingerprint density at radius 1 is 0.765 bits per heavy atom. The summed E-state index contributed by atoms with van der Waals surface area (Å²) in [6, 6.07) is 20.0. The van der Waals surface area contributed by atoms with Crippen molar-refractivity contribution < 1.29 is 84.4 Å². The average molecular weight is 1380 g/mol. The number of rotatable bonds is 33. The van der Waals surface area contributed by atoms with Gasteiger partial charge in [-0.05, 0) is 158 Å². The van der Waals surface area contributed by atoms with E-state index in [2.05, 4.69) is 16.0 Å². The number of halogens is 2. The summed E-state index contributed by atoms with van der Waals surface area (Å²) >= 11 is 0. The highest BCUT2D eigenvalue weighted by Gasteiger charge is 2.56. The number of alkyl halides is 2. The number of hydrogen-bond acceptors (Lipinski definition) is 17. The van der Waals surface area contributed by atoms with E-state index in [1.54, 1.807) is 25.5 Å². The summed E-state index contributed by atoms with van der Waals surface area (Å²) < 4.78 is 87.4. The van der Waals surface area contributed by atoms with Crippen LogP contribution in [-0.4, -0.2) is 121 Å². The van der Waals surface area contributed by atoms with Gasteiger partial charge in [0.1, 0.15) is 18.1 Å². The first-order valence-corrected chi connectivity index (χ1v) is 34.5.